The molecule has 2 amide bonds. The van der Waals surface area contributed by atoms with Gasteiger partial charge in [0.05, 0.1) is 0 Å². The van der Waals surface area contributed by atoms with Crippen LogP contribution < -0.4 is 10.6 Å². The molecule has 1 aromatic rings. The second kappa shape index (κ2) is 9.15. The van der Waals surface area contributed by atoms with Gasteiger partial charge in [-0.25, -0.2) is 0 Å². The zero-order valence-corrected chi connectivity index (χ0v) is 14.1. The number of unbranched alkanes of at least 4 members (excludes halogenated alkanes) is 2. The molecule has 0 saturated heterocycles. The summed E-state index contributed by atoms with van der Waals surface area (Å²) in [5.41, 5.74) is 1.33. The van der Waals surface area contributed by atoms with E-state index < -0.39 is 0 Å². The van der Waals surface area contributed by atoms with E-state index in [4.69, 9.17) is 12.2 Å². The second-order valence-electron chi connectivity index (χ2n) is 5.24. The van der Waals surface area contributed by atoms with Crippen LogP contribution in [-0.4, -0.2) is 35.9 Å². The first-order valence-electron chi connectivity index (χ1n) is 7.36. The molecule has 0 bridgehead atoms. The Labute approximate surface area is 137 Å². The van der Waals surface area contributed by atoms with Crippen molar-refractivity contribution in [2.24, 2.45) is 0 Å². The standard InChI is InChI=1S/C16H23N3O2S/c1-4-5-6-7-14(20)18-16(22)17-13-10-8-12(9-11-13)15(21)19(2)3/h8-11H,4-7H2,1-3H3,(H2,17,18,20,22). The highest BCUT2D eigenvalue weighted by Gasteiger charge is 2.08. The third-order valence-electron chi connectivity index (χ3n) is 3.06. The van der Waals surface area contributed by atoms with Crippen molar-refractivity contribution in [3.05, 3.63) is 29.8 Å². The predicted molar refractivity (Wildman–Crippen MR) is 93.0 cm³/mol. The largest absolute Gasteiger partial charge is 0.345 e. The minimum absolute atomic E-state index is 0.0571. The third-order valence-corrected chi connectivity index (χ3v) is 3.26. The third kappa shape index (κ3) is 6.22. The van der Waals surface area contributed by atoms with Crippen molar-refractivity contribution in [1.82, 2.24) is 10.2 Å². The van der Waals surface area contributed by atoms with Crippen molar-refractivity contribution >= 4 is 34.8 Å². The van der Waals surface area contributed by atoms with Crippen LogP contribution in [0.2, 0.25) is 0 Å². The highest BCUT2D eigenvalue weighted by atomic mass is 32.1. The summed E-state index contributed by atoms with van der Waals surface area (Å²) >= 11 is 5.10. The van der Waals surface area contributed by atoms with Crippen LogP contribution in [0.1, 0.15) is 43.0 Å². The molecule has 0 fully saturated rings. The minimum Gasteiger partial charge on any atom is -0.345 e. The SMILES string of the molecule is CCCCCC(=O)NC(=S)Nc1ccc(C(=O)N(C)C)cc1. The molecule has 22 heavy (non-hydrogen) atoms. The van der Waals surface area contributed by atoms with Gasteiger partial charge in [0.15, 0.2) is 5.11 Å². The van der Waals surface area contributed by atoms with Crippen molar-refractivity contribution in [2.45, 2.75) is 32.6 Å². The lowest BCUT2D eigenvalue weighted by molar-refractivity contribution is -0.119. The zero-order valence-electron chi connectivity index (χ0n) is 13.3. The van der Waals surface area contributed by atoms with Gasteiger partial charge in [0.1, 0.15) is 0 Å². The molecule has 6 heteroatoms. The summed E-state index contributed by atoms with van der Waals surface area (Å²) in [7, 11) is 3.41. The van der Waals surface area contributed by atoms with E-state index in [2.05, 4.69) is 17.6 Å². The summed E-state index contributed by atoms with van der Waals surface area (Å²) in [6.07, 6.45) is 3.46. The molecule has 1 rings (SSSR count). The van der Waals surface area contributed by atoms with Crippen LogP contribution in [-0.2, 0) is 4.79 Å². The van der Waals surface area contributed by atoms with Gasteiger partial charge >= 0.3 is 0 Å². The molecule has 0 unspecified atom stereocenters. The quantitative estimate of drug-likeness (QED) is 0.625. The molecule has 0 saturated carbocycles. The topological polar surface area (TPSA) is 61.4 Å². The van der Waals surface area contributed by atoms with Gasteiger partial charge in [0.2, 0.25) is 5.91 Å². The maximum Gasteiger partial charge on any atom is 0.253 e. The van der Waals surface area contributed by atoms with E-state index in [1.165, 1.54) is 4.90 Å². The number of amides is 2. The van der Waals surface area contributed by atoms with Crippen LogP contribution in [0.3, 0.4) is 0 Å². The average Bonchev–Trinajstić information content (AvgIpc) is 2.47. The van der Waals surface area contributed by atoms with Crippen molar-refractivity contribution in [3.8, 4) is 0 Å². The first-order valence-corrected chi connectivity index (χ1v) is 7.77. The van der Waals surface area contributed by atoms with E-state index in [9.17, 15) is 9.59 Å². The maximum atomic E-state index is 11.8. The Kier molecular flexibility index (Phi) is 7.52. The highest BCUT2D eigenvalue weighted by molar-refractivity contribution is 7.80. The van der Waals surface area contributed by atoms with Crippen molar-refractivity contribution in [2.75, 3.05) is 19.4 Å². The van der Waals surface area contributed by atoms with E-state index in [-0.39, 0.29) is 16.9 Å². The summed E-state index contributed by atoms with van der Waals surface area (Å²) in [5, 5.41) is 5.85. The Morgan fingerprint density at radius 2 is 1.77 bits per heavy atom. The number of carbonyl (C=O) groups is 2. The minimum atomic E-state index is -0.0784. The van der Waals surface area contributed by atoms with Crippen LogP contribution in [0.4, 0.5) is 5.69 Å². The van der Waals surface area contributed by atoms with Gasteiger partial charge in [-0.3, -0.25) is 9.59 Å². The molecule has 2 N–H and O–H groups in total. The van der Waals surface area contributed by atoms with Gasteiger partial charge in [-0.15, -0.1) is 0 Å². The van der Waals surface area contributed by atoms with Crippen LogP contribution in [0.15, 0.2) is 24.3 Å². The Balaban J connectivity index is 2.48. The monoisotopic (exact) mass is 321 g/mol. The van der Waals surface area contributed by atoms with E-state index in [1.807, 2.05) is 0 Å². The molecular weight excluding hydrogens is 298 g/mol. The molecule has 0 heterocycles. The fraction of sp³-hybridized carbons (Fsp3) is 0.438. The smallest absolute Gasteiger partial charge is 0.253 e. The number of hydrogen-bond donors (Lipinski definition) is 2. The number of nitrogens with zero attached hydrogens (tertiary/aromatic N) is 1. The predicted octanol–water partition coefficient (Wildman–Crippen LogP) is 2.78. The summed E-state index contributed by atoms with van der Waals surface area (Å²) < 4.78 is 0. The van der Waals surface area contributed by atoms with Gasteiger partial charge in [-0.1, -0.05) is 19.8 Å². The van der Waals surface area contributed by atoms with E-state index in [1.54, 1.807) is 38.4 Å². The van der Waals surface area contributed by atoms with E-state index in [0.29, 0.717) is 12.0 Å². The Morgan fingerprint density at radius 1 is 1.14 bits per heavy atom. The fourth-order valence-electron chi connectivity index (χ4n) is 1.84. The summed E-state index contributed by atoms with van der Waals surface area (Å²) in [6.45, 7) is 2.09. The molecule has 0 aliphatic carbocycles. The molecule has 0 aromatic heterocycles. The summed E-state index contributed by atoms with van der Waals surface area (Å²) in [4.78, 5) is 24.9. The summed E-state index contributed by atoms with van der Waals surface area (Å²) in [6, 6.07) is 6.95. The molecule has 1 aromatic carbocycles. The Bertz CT molecular complexity index is 527. The van der Waals surface area contributed by atoms with Gasteiger partial charge in [0.25, 0.3) is 5.91 Å². The number of benzene rings is 1. The molecule has 5 nitrogen and oxygen atoms in total. The second-order valence-corrected chi connectivity index (χ2v) is 5.64. The molecule has 0 spiro atoms. The first-order chi connectivity index (χ1) is 10.4. The Morgan fingerprint density at radius 3 is 2.32 bits per heavy atom. The number of anilines is 1. The highest BCUT2D eigenvalue weighted by Crippen LogP contribution is 2.10. The van der Waals surface area contributed by atoms with Gasteiger partial charge in [-0.2, -0.15) is 0 Å². The van der Waals surface area contributed by atoms with Crippen LogP contribution in [0, 0.1) is 0 Å². The Hall–Kier alpha value is -1.95. The van der Waals surface area contributed by atoms with Crippen LogP contribution in [0.5, 0.6) is 0 Å². The number of rotatable bonds is 6. The summed E-state index contributed by atoms with van der Waals surface area (Å²) in [5.74, 6) is -0.135. The number of hydrogen-bond acceptors (Lipinski definition) is 3. The fourth-order valence-corrected chi connectivity index (χ4v) is 2.07. The van der Waals surface area contributed by atoms with Crippen molar-refractivity contribution < 1.29 is 9.59 Å². The molecular formula is C16H23N3O2S. The number of thiocarbonyl (C=S) groups is 1. The zero-order chi connectivity index (χ0) is 16.5. The van der Waals surface area contributed by atoms with Gasteiger partial charge in [-0.05, 0) is 42.9 Å². The first kappa shape index (κ1) is 18.1. The lowest BCUT2D eigenvalue weighted by Gasteiger charge is -2.12. The molecule has 120 valence electrons. The lowest BCUT2D eigenvalue weighted by atomic mass is 10.2. The van der Waals surface area contributed by atoms with Gasteiger partial charge in [0, 0.05) is 31.8 Å². The van der Waals surface area contributed by atoms with Crippen LogP contribution >= 0.6 is 12.2 Å². The van der Waals surface area contributed by atoms with Crippen molar-refractivity contribution in [1.29, 1.82) is 0 Å². The van der Waals surface area contributed by atoms with E-state index in [0.717, 1.165) is 24.9 Å². The number of nitrogens with one attached hydrogen (secondary N) is 2. The molecule has 0 atom stereocenters. The molecule has 0 aliphatic heterocycles. The average molecular weight is 321 g/mol. The molecule has 0 aliphatic rings. The van der Waals surface area contributed by atoms with E-state index >= 15 is 0 Å². The maximum absolute atomic E-state index is 11.8. The van der Waals surface area contributed by atoms with Crippen molar-refractivity contribution in [3.63, 3.8) is 0 Å². The van der Waals surface area contributed by atoms with Gasteiger partial charge < -0.3 is 15.5 Å². The normalized spacial score (nSPS) is 9.95. The molecule has 0 radical (unpaired) electrons. The van der Waals surface area contributed by atoms with Crippen LogP contribution in [0.25, 0.3) is 0 Å². The number of carbonyl (C=O) groups excluding carboxylic acids is 2. The lowest BCUT2D eigenvalue weighted by Crippen LogP contribution is -2.33.